The molecule has 0 amide bonds. The van der Waals surface area contributed by atoms with Crippen molar-refractivity contribution in [2.75, 3.05) is 39.6 Å². The third-order valence-corrected chi connectivity index (χ3v) is 16.7. The van der Waals surface area contributed by atoms with E-state index in [4.69, 9.17) is 32.3 Å². The fourth-order valence-corrected chi connectivity index (χ4v) is 10.9. The van der Waals surface area contributed by atoms with Crippen molar-refractivity contribution in [2.45, 2.75) is 296 Å². The fraction of sp³-hybridized carbons (Fsp3) is 0.675. The first-order chi connectivity index (χ1) is 46.2. The number of carbonyl (C=O) groups is 3. The van der Waals surface area contributed by atoms with Gasteiger partial charge in [-0.1, -0.05) is 270 Å². The van der Waals surface area contributed by atoms with Gasteiger partial charge in [-0.2, -0.15) is 0 Å². The first-order valence-corrected chi connectivity index (χ1v) is 39.5. The molecule has 0 aliphatic rings. The van der Waals surface area contributed by atoms with Crippen molar-refractivity contribution in [3.05, 3.63) is 134 Å². The molecular weight excluding hydrogens is 1240 g/mol. The van der Waals surface area contributed by atoms with E-state index in [0.29, 0.717) is 25.7 Å². The van der Waals surface area contributed by atoms with Gasteiger partial charge in [0.25, 0.3) is 0 Å². The molecule has 95 heavy (non-hydrogen) atoms. The molecular formula is C77H130O16P2. The molecule has 0 fully saturated rings. The van der Waals surface area contributed by atoms with Crippen LogP contribution in [-0.2, 0) is 55.8 Å². The number of esters is 3. The van der Waals surface area contributed by atoms with Crippen molar-refractivity contribution in [1.82, 2.24) is 0 Å². The molecule has 0 rings (SSSR count). The second kappa shape index (κ2) is 69.6. The van der Waals surface area contributed by atoms with Gasteiger partial charge >= 0.3 is 33.6 Å². The largest absolute Gasteiger partial charge is 0.472 e. The first-order valence-electron chi connectivity index (χ1n) is 36.5. The molecule has 0 radical (unpaired) electrons. The summed E-state index contributed by atoms with van der Waals surface area (Å²) < 4.78 is 60.8. The lowest BCUT2D eigenvalue weighted by Gasteiger charge is -2.21. The van der Waals surface area contributed by atoms with E-state index >= 15 is 0 Å². The zero-order valence-electron chi connectivity index (χ0n) is 59.0. The highest BCUT2D eigenvalue weighted by molar-refractivity contribution is 7.47. The Morgan fingerprint density at radius 3 is 0.937 bits per heavy atom. The lowest BCUT2D eigenvalue weighted by atomic mass is 10.0. The number of hydrogen-bond acceptors (Lipinski definition) is 14. The molecule has 0 saturated heterocycles. The van der Waals surface area contributed by atoms with Crippen LogP contribution in [0, 0.1) is 0 Å². The monoisotopic (exact) mass is 1370 g/mol. The van der Waals surface area contributed by atoms with Crippen LogP contribution in [0.2, 0.25) is 0 Å². The number of aliphatic hydroxyl groups is 2. The maximum atomic E-state index is 12.9. The molecule has 4 N–H and O–H groups in total. The van der Waals surface area contributed by atoms with Crippen molar-refractivity contribution >= 4 is 33.6 Å². The van der Waals surface area contributed by atoms with E-state index in [9.17, 15) is 43.5 Å². The summed E-state index contributed by atoms with van der Waals surface area (Å²) in [6.45, 7) is 2.31. The highest BCUT2D eigenvalue weighted by atomic mass is 31.2. The summed E-state index contributed by atoms with van der Waals surface area (Å²) in [6.07, 6.45) is 82.6. The Morgan fingerprint density at radius 1 is 0.305 bits per heavy atom. The van der Waals surface area contributed by atoms with Crippen molar-refractivity contribution in [3.8, 4) is 0 Å². The van der Waals surface area contributed by atoms with Crippen LogP contribution < -0.4 is 0 Å². The predicted octanol–water partition coefficient (Wildman–Crippen LogP) is 20.8. The standard InChI is InChI=1S/C77H130O16P2/c1-4-7-10-13-16-19-22-24-26-28-29-30-31-32-33-34-35-36-37-38-39-40-41-43-45-46-49-51-54-57-60-63-75(80)87-66-72(78)67-89-94(83,84)90-68-73(79)69-91-95(85,86)92-71-74(93-77(82)65-62-59-56-53-48-21-18-15-12-9-6-3)70-88-76(81)64-61-58-55-52-50-47-44-42-27-25-23-20-17-14-11-8-5-2/h7-8,10-11,15-20,24-27,29-30,32-33,44,47,52,55,72-74,78-79H,4-6,9,12-14,21-23,28,31,34-43,45-46,48-51,53-54,56-71H2,1-3H3,(H,83,84)(H,85,86)/b10-7-,11-8-,18-15-,19-16-,20-17-,26-24-,27-25-,30-29-,33-32-,47-44-,55-52-. The summed E-state index contributed by atoms with van der Waals surface area (Å²) in [7, 11) is -9.79. The zero-order chi connectivity index (χ0) is 69.5. The van der Waals surface area contributed by atoms with Gasteiger partial charge in [0.05, 0.1) is 26.4 Å². The minimum Gasteiger partial charge on any atom is -0.463 e. The summed E-state index contributed by atoms with van der Waals surface area (Å²) in [6, 6.07) is 0. The van der Waals surface area contributed by atoms with Crippen LogP contribution in [0.5, 0.6) is 0 Å². The highest BCUT2D eigenvalue weighted by Gasteiger charge is 2.29. The molecule has 18 heteroatoms. The number of rotatable bonds is 68. The molecule has 16 nitrogen and oxygen atoms in total. The molecule has 0 aromatic rings. The number of hydrogen-bond donors (Lipinski definition) is 4. The van der Waals surface area contributed by atoms with Crippen LogP contribution in [0.25, 0.3) is 0 Å². The van der Waals surface area contributed by atoms with E-state index in [1.165, 1.54) is 89.9 Å². The third kappa shape index (κ3) is 70.8. The van der Waals surface area contributed by atoms with Gasteiger partial charge in [-0.3, -0.25) is 32.5 Å². The number of phosphoric ester groups is 2. The Bertz CT molecular complexity index is 2260. The molecule has 0 aliphatic carbocycles. The second-order valence-electron chi connectivity index (χ2n) is 24.0. The quantitative estimate of drug-likeness (QED) is 0.0146. The van der Waals surface area contributed by atoms with E-state index in [2.05, 4.69) is 142 Å². The fourth-order valence-electron chi connectivity index (χ4n) is 9.32. The molecule has 0 bridgehead atoms. The second-order valence-corrected chi connectivity index (χ2v) is 26.9. The Balaban J connectivity index is 4.42. The normalized spacial score (nSPS) is 14.9. The van der Waals surface area contributed by atoms with Crippen molar-refractivity contribution < 1.29 is 75.8 Å². The zero-order valence-corrected chi connectivity index (χ0v) is 60.8. The average Bonchev–Trinajstić information content (AvgIpc) is 1.94. The summed E-state index contributed by atoms with van der Waals surface area (Å²) in [4.78, 5) is 58.3. The molecule has 0 spiro atoms. The predicted molar refractivity (Wildman–Crippen MR) is 390 cm³/mol. The maximum Gasteiger partial charge on any atom is 0.472 e. The van der Waals surface area contributed by atoms with E-state index in [1.807, 2.05) is 12.2 Å². The van der Waals surface area contributed by atoms with Crippen LogP contribution in [-0.4, -0.2) is 95.9 Å². The topological polar surface area (TPSA) is 231 Å². The summed E-state index contributed by atoms with van der Waals surface area (Å²) >= 11 is 0. The molecule has 544 valence electrons. The Hall–Kier alpha value is -4.31. The van der Waals surface area contributed by atoms with Gasteiger partial charge in [0.2, 0.25) is 0 Å². The lowest BCUT2D eigenvalue weighted by molar-refractivity contribution is -0.161. The molecule has 0 aromatic carbocycles. The van der Waals surface area contributed by atoms with Crippen LogP contribution in [0.15, 0.2) is 134 Å². The van der Waals surface area contributed by atoms with Gasteiger partial charge in [0.1, 0.15) is 25.4 Å². The minimum absolute atomic E-state index is 0.0794. The van der Waals surface area contributed by atoms with Gasteiger partial charge in [0, 0.05) is 19.3 Å². The van der Waals surface area contributed by atoms with Crippen molar-refractivity contribution in [2.24, 2.45) is 0 Å². The van der Waals surface area contributed by atoms with E-state index in [-0.39, 0.29) is 19.3 Å². The van der Waals surface area contributed by atoms with Gasteiger partial charge in [0.15, 0.2) is 6.10 Å². The van der Waals surface area contributed by atoms with Gasteiger partial charge in [-0.25, -0.2) is 9.13 Å². The number of ether oxygens (including phenoxy) is 3. The number of carbonyl (C=O) groups excluding carboxylic acids is 3. The number of aliphatic hydroxyl groups excluding tert-OH is 2. The Morgan fingerprint density at radius 2 is 0.568 bits per heavy atom. The van der Waals surface area contributed by atoms with Crippen LogP contribution >= 0.6 is 15.6 Å². The molecule has 5 atom stereocenters. The Labute approximate surface area is 575 Å². The molecule has 5 unspecified atom stereocenters. The number of allylic oxidation sites excluding steroid dienone is 22. The first kappa shape index (κ1) is 90.7. The van der Waals surface area contributed by atoms with Gasteiger partial charge < -0.3 is 34.2 Å². The summed E-state index contributed by atoms with van der Waals surface area (Å²) in [5, 5.41) is 20.6. The lowest BCUT2D eigenvalue weighted by Crippen LogP contribution is -2.30. The minimum atomic E-state index is -4.94. The Kier molecular flexibility index (Phi) is 66.4. The number of phosphoric acid groups is 2. The molecule has 0 aromatic heterocycles. The van der Waals surface area contributed by atoms with E-state index in [0.717, 1.165) is 122 Å². The summed E-state index contributed by atoms with van der Waals surface area (Å²) in [5.41, 5.74) is 0. The third-order valence-electron chi connectivity index (χ3n) is 14.8. The molecule has 0 aliphatic heterocycles. The number of unbranched alkanes of at least 4 members (excludes halogenated alkanes) is 23. The van der Waals surface area contributed by atoms with Crippen LogP contribution in [0.3, 0.4) is 0 Å². The van der Waals surface area contributed by atoms with E-state index in [1.54, 1.807) is 0 Å². The van der Waals surface area contributed by atoms with Crippen molar-refractivity contribution in [1.29, 1.82) is 0 Å². The van der Waals surface area contributed by atoms with Gasteiger partial charge in [-0.05, 0) is 122 Å². The van der Waals surface area contributed by atoms with Crippen molar-refractivity contribution in [3.63, 3.8) is 0 Å². The van der Waals surface area contributed by atoms with Crippen LogP contribution in [0.1, 0.15) is 278 Å². The highest BCUT2D eigenvalue weighted by Crippen LogP contribution is 2.45. The molecule has 0 heterocycles. The van der Waals surface area contributed by atoms with Gasteiger partial charge in [-0.15, -0.1) is 0 Å². The smallest absolute Gasteiger partial charge is 0.463 e. The van der Waals surface area contributed by atoms with Crippen LogP contribution in [0.4, 0.5) is 0 Å². The summed E-state index contributed by atoms with van der Waals surface area (Å²) in [5.74, 6) is -1.66. The molecule has 0 saturated carbocycles. The van der Waals surface area contributed by atoms with E-state index < -0.39 is 91.5 Å². The SMILES string of the molecule is CC/C=C\C/C=C\C/C=C\C/C=C\C/C=C\CCCCCCCCCCCCCCCCCC(=O)OCC(O)COP(=O)(O)OCC(O)COP(=O)(O)OCC(COC(=O)CCC/C=C\C/C=C\C/C=C\C/C=C\C/C=C\CC)OC(=O)CCCCCCC/C=C\CCCC. The maximum absolute atomic E-state index is 12.9. The average molecular weight is 1370 g/mol.